The van der Waals surface area contributed by atoms with Gasteiger partial charge in [0, 0.05) is 19.7 Å². The van der Waals surface area contributed by atoms with Crippen LogP contribution in [0, 0.1) is 0 Å². The van der Waals surface area contributed by atoms with Gasteiger partial charge in [0.2, 0.25) is 5.95 Å². The Hall–Kier alpha value is -1.89. The molecular formula is C16H26N4O3. The fraction of sp³-hybridized carbons (Fsp3) is 0.688. The Labute approximate surface area is 137 Å². The molecule has 1 aromatic heterocycles. The van der Waals surface area contributed by atoms with E-state index in [1.807, 2.05) is 11.9 Å². The van der Waals surface area contributed by atoms with E-state index in [1.54, 1.807) is 0 Å². The summed E-state index contributed by atoms with van der Waals surface area (Å²) in [7, 11) is 1.90. The van der Waals surface area contributed by atoms with Gasteiger partial charge in [-0.2, -0.15) is 4.98 Å². The lowest BCUT2D eigenvalue weighted by Crippen LogP contribution is -2.40. The van der Waals surface area contributed by atoms with E-state index in [4.69, 9.17) is 4.74 Å². The van der Waals surface area contributed by atoms with Crippen molar-refractivity contribution in [2.24, 2.45) is 0 Å². The zero-order valence-corrected chi connectivity index (χ0v) is 13.9. The minimum absolute atomic E-state index is 0.00979. The molecule has 0 aromatic carbocycles. The lowest BCUT2D eigenvalue weighted by molar-refractivity contribution is 0.0209. The van der Waals surface area contributed by atoms with E-state index >= 15 is 0 Å². The average Bonchev–Trinajstić information content (AvgIpc) is 2.50. The summed E-state index contributed by atoms with van der Waals surface area (Å²) in [4.78, 5) is 21.8. The highest BCUT2D eigenvalue weighted by molar-refractivity contribution is 5.86. The van der Waals surface area contributed by atoms with Gasteiger partial charge in [0.1, 0.15) is 5.82 Å². The van der Waals surface area contributed by atoms with E-state index < -0.39 is 5.97 Å². The lowest BCUT2D eigenvalue weighted by atomic mass is 10.1. The van der Waals surface area contributed by atoms with E-state index in [-0.39, 0.29) is 11.7 Å². The summed E-state index contributed by atoms with van der Waals surface area (Å²) in [6, 6.07) is 1.66. The average molecular weight is 322 g/mol. The number of aromatic carboxylic acids is 1. The third-order valence-corrected chi connectivity index (χ3v) is 3.86. The van der Waals surface area contributed by atoms with Crippen molar-refractivity contribution in [1.29, 1.82) is 0 Å². The van der Waals surface area contributed by atoms with Gasteiger partial charge in [-0.15, -0.1) is 0 Å². The Morgan fingerprint density at radius 1 is 1.35 bits per heavy atom. The molecule has 0 unspecified atom stereocenters. The molecule has 0 saturated carbocycles. The first-order valence-corrected chi connectivity index (χ1v) is 8.28. The number of nitrogens with zero attached hydrogens (tertiary/aromatic N) is 3. The summed E-state index contributed by atoms with van der Waals surface area (Å²) in [5, 5.41) is 12.4. The van der Waals surface area contributed by atoms with Crippen molar-refractivity contribution in [1.82, 2.24) is 9.97 Å². The van der Waals surface area contributed by atoms with Crippen LogP contribution in [-0.4, -0.2) is 53.9 Å². The van der Waals surface area contributed by atoms with Gasteiger partial charge in [0.05, 0.1) is 19.3 Å². The van der Waals surface area contributed by atoms with E-state index in [2.05, 4.69) is 22.2 Å². The van der Waals surface area contributed by atoms with E-state index in [0.29, 0.717) is 25.0 Å². The third-order valence-electron chi connectivity index (χ3n) is 3.86. The Kier molecular flexibility index (Phi) is 6.58. The Morgan fingerprint density at radius 2 is 2.09 bits per heavy atom. The van der Waals surface area contributed by atoms with Crippen LogP contribution in [0.2, 0.25) is 0 Å². The number of carbonyl (C=O) groups is 1. The van der Waals surface area contributed by atoms with Gasteiger partial charge in [-0.1, -0.05) is 32.6 Å². The predicted molar refractivity (Wildman–Crippen MR) is 89.3 cm³/mol. The number of unbranched alkanes of at least 4 members (excludes halogenated alkanes) is 4. The highest BCUT2D eigenvalue weighted by atomic mass is 16.5. The topological polar surface area (TPSA) is 87.6 Å². The van der Waals surface area contributed by atoms with E-state index in [1.165, 1.54) is 31.7 Å². The van der Waals surface area contributed by atoms with Gasteiger partial charge >= 0.3 is 5.97 Å². The summed E-state index contributed by atoms with van der Waals surface area (Å²) in [6.45, 7) is 4.25. The predicted octanol–water partition coefficient (Wildman–Crippen LogP) is 2.39. The van der Waals surface area contributed by atoms with Crippen LogP contribution in [0.3, 0.4) is 0 Å². The van der Waals surface area contributed by atoms with Crippen molar-refractivity contribution in [3.63, 3.8) is 0 Å². The van der Waals surface area contributed by atoms with Crippen LogP contribution >= 0.6 is 0 Å². The third kappa shape index (κ3) is 5.35. The molecular weight excluding hydrogens is 296 g/mol. The number of ether oxygens (including phenoxy) is 1. The Morgan fingerprint density at radius 3 is 2.70 bits per heavy atom. The van der Waals surface area contributed by atoms with Crippen molar-refractivity contribution in [2.45, 2.75) is 45.1 Å². The summed E-state index contributed by atoms with van der Waals surface area (Å²) < 4.78 is 5.12. The maximum atomic E-state index is 11.3. The monoisotopic (exact) mass is 322 g/mol. The number of rotatable bonds is 10. The first-order valence-electron chi connectivity index (χ1n) is 8.28. The molecule has 2 heterocycles. The van der Waals surface area contributed by atoms with Crippen LogP contribution in [0.15, 0.2) is 6.07 Å². The first-order chi connectivity index (χ1) is 11.1. The van der Waals surface area contributed by atoms with Crippen LogP contribution in [0.4, 0.5) is 11.8 Å². The summed E-state index contributed by atoms with van der Waals surface area (Å²) >= 11 is 0. The molecule has 0 radical (unpaired) electrons. The molecule has 7 nitrogen and oxygen atoms in total. The summed E-state index contributed by atoms with van der Waals surface area (Å²) in [5.74, 6) is -0.0560. The second-order valence-corrected chi connectivity index (χ2v) is 5.96. The molecule has 0 amide bonds. The highest BCUT2D eigenvalue weighted by Gasteiger charge is 2.20. The number of carboxylic acids is 1. The van der Waals surface area contributed by atoms with Gasteiger partial charge in [-0.3, -0.25) is 0 Å². The summed E-state index contributed by atoms with van der Waals surface area (Å²) in [5.41, 5.74) is 0.00979. The minimum atomic E-state index is -1.04. The highest BCUT2D eigenvalue weighted by Crippen LogP contribution is 2.17. The standard InChI is InChI=1S/C16H26N4O3/c1-3-4-5-6-7-8-20(2)16-18-13(15(21)22)9-14(19-16)17-12-10-23-11-12/h9,12H,3-8,10-11H2,1-2H3,(H,21,22)(H,17,18,19). The second kappa shape index (κ2) is 8.67. The fourth-order valence-corrected chi connectivity index (χ4v) is 2.37. The minimum Gasteiger partial charge on any atom is -0.477 e. The molecule has 1 fully saturated rings. The lowest BCUT2D eigenvalue weighted by Gasteiger charge is -2.27. The van der Waals surface area contributed by atoms with Crippen LogP contribution < -0.4 is 10.2 Å². The zero-order valence-electron chi connectivity index (χ0n) is 13.9. The van der Waals surface area contributed by atoms with Crippen molar-refractivity contribution in [3.8, 4) is 0 Å². The molecule has 2 N–H and O–H groups in total. The van der Waals surface area contributed by atoms with Crippen LogP contribution in [0.1, 0.15) is 49.5 Å². The number of carboxylic acid groups (broad SMARTS) is 1. The smallest absolute Gasteiger partial charge is 0.354 e. The molecule has 1 saturated heterocycles. The maximum Gasteiger partial charge on any atom is 0.354 e. The Bertz CT molecular complexity index is 520. The molecule has 7 heteroatoms. The maximum absolute atomic E-state index is 11.3. The van der Waals surface area contributed by atoms with Crippen LogP contribution in [0.25, 0.3) is 0 Å². The second-order valence-electron chi connectivity index (χ2n) is 5.96. The molecule has 0 bridgehead atoms. The quantitative estimate of drug-likeness (QED) is 0.639. The van der Waals surface area contributed by atoms with E-state index in [0.717, 1.165) is 13.0 Å². The normalized spacial score (nSPS) is 14.3. The Balaban J connectivity index is 1.98. The summed E-state index contributed by atoms with van der Waals surface area (Å²) in [6.07, 6.45) is 5.93. The number of aromatic nitrogens is 2. The van der Waals surface area contributed by atoms with Crippen LogP contribution in [-0.2, 0) is 4.74 Å². The molecule has 2 rings (SSSR count). The molecule has 1 aliphatic rings. The van der Waals surface area contributed by atoms with Crippen molar-refractivity contribution in [2.75, 3.05) is 37.0 Å². The van der Waals surface area contributed by atoms with E-state index in [9.17, 15) is 9.90 Å². The van der Waals surface area contributed by atoms with Crippen molar-refractivity contribution in [3.05, 3.63) is 11.8 Å². The molecule has 128 valence electrons. The van der Waals surface area contributed by atoms with Crippen LogP contribution in [0.5, 0.6) is 0 Å². The molecule has 0 atom stereocenters. The van der Waals surface area contributed by atoms with Gasteiger partial charge in [0.15, 0.2) is 5.69 Å². The first kappa shape index (κ1) is 17.5. The van der Waals surface area contributed by atoms with Gasteiger partial charge < -0.3 is 20.1 Å². The van der Waals surface area contributed by atoms with Gasteiger partial charge in [-0.25, -0.2) is 9.78 Å². The fourth-order valence-electron chi connectivity index (χ4n) is 2.37. The molecule has 0 spiro atoms. The van der Waals surface area contributed by atoms with Crippen molar-refractivity contribution < 1.29 is 14.6 Å². The molecule has 1 aromatic rings. The molecule has 0 aliphatic carbocycles. The molecule has 23 heavy (non-hydrogen) atoms. The zero-order chi connectivity index (χ0) is 16.7. The van der Waals surface area contributed by atoms with Gasteiger partial charge in [-0.05, 0) is 6.42 Å². The SMILES string of the molecule is CCCCCCCN(C)c1nc(NC2COC2)cc(C(=O)O)n1. The number of hydrogen-bond acceptors (Lipinski definition) is 6. The number of hydrogen-bond donors (Lipinski definition) is 2. The number of anilines is 2. The van der Waals surface area contributed by atoms with Gasteiger partial charge in [0.25, 0.3) is 0 Å². The molecule has 1 aliphatic heterocycles. The number of nitrogens with one attached hydrogen (secondary N) is 1. The largest absolute Gasteiger partial charge is 0.477 e. The van der Waals surface area contributed by atoms with Crippen molar-refractivity contribution >= 4 is 17.7 Å².